The number of nitrogens with two attached hydrogens (primary N) is 1. The molecule has 1 fully saturated rings. The maximum atomic E-state index is 14.3. The van der Waals surface area contributed by atoms with Crippen molar-refractivity contribution in [1.82, 2.24) is 24.6 Å². The van der Waals surface area contributed by atoms with Crippen LogP contribution in [0.4, 0.5) is 5.95 Å². The molecule has 4 aromatic rings. The number of ether oxygens (including phenoxy) is 2. The highest BCUT2D eigenvalue weighted by atomic mass is 32.2. The van der Waals surface area contributed by atoms with Crippen LogP contribution >= 0.6 is 19.5 Å². The third-order valence-corrected chi connectivity index (χ3v) is 9.64. The number of nitrogens with one attached hydrogen (secondary N) is 1. The number of hydrogen-bond acceptors (Lipinski definition) is 13. The highest BCUT2D eigenvalue weighted by Gasteiger charge is 2.54. The van der Waals surface area contributed by atoms with Gasteiger partial charge in [-0.1, -0.05) is 57.2 Å². The Bertz CT molecular complexity index is 1770. The van der Waals surface area contributed by atoms with Crippen LogP contribution in [0, 0.1) is 5.41 Å². The molecule has 16 heteroatoms. The predicted octanol–water partition coefficient (Wildman–Crippen LogP) is 4.06. The molecule has 5 N–H and O–H groups in total. The van der Waals surface area contributed by atoms with Crippen molar-refractivity contribution in [3.05, 3.63) is 48.8 Å². The molecule has 0 amide bonds. The summed E-state index contributed by atoms with van der Waals surface area (Å²) in [7, 11) is -4.36. The number of benzene rings is 2. The third-order valence-electron chi connectivity index (χ3n) is 7.34. The van der Waals surface area contributed by atoms with Crippen molar-refractivity contribution in [2.45, 2.75) is 69.7 Å². The van der Waals surface area contributed by atoms with E-state index in [0.29, 0.717) is 21.6 Å². The molecule has 5 rings (SSSR count). The van der Waals surface area contributed by atoms with Crippen molar-refractivity contribution in [1.29, 1.82) is 0 Å². The van der Waals surface area contributed by atoms with Gasteiger partial charge in [0.1, 0.15) is 40.1 Å². The molecule has 1 unspecified atom stereocenters. The number of fused-ring (bicyclic) bond motifs is 2. The fourth-order valence-electron chi connectivity index (χ4n) is 4.97. The van der Waals surface area contributed by atoms with E-state index in [1.54, 1.807) is 18.2 Å². The molecule has 6 atom stereocenters. The normalized spacial score (nSPS) is 23.8. The van der Waals surface area contributed by atoms with Crippen molar-refractivity contribution in [3.8, 4) is 5.75 Å². The van der Waals surface area contributed by atoms with Gasteiger partial charge in [-0.3, -0.25) is 13.9 Å². The van der Waals surface area contributed by atoms with Gasteiger partial charge in [-0.05, 0) is 37.0 Å². The average Bonchev–Trinajstić information content (AvgIpc) is 3.51. The molecule has 46 heavy (non-hydrogen) atoms. The highest BCUT2D eigenvalue weighted by Crippen LogP contribution is 2.48. The largest absolute Gasteiger partial charge is 0.464 e. The topological polar surface area (TPSA) is 193 Å². The second-order valence-corrected chi connectivity index (χ2v) is 15.0. The lowest BCUT2D eigenvalue weighted by molar-refractivity contribution is -0.148. The lowest BCUT2D eigenvalue weighted by Gasteiger charge is -2.27. The van der Waals surface area contributed by atoms with Crippen LogP contribution in [0.2, 0.25) is 0 Å². The number of nitrogens with zero attached hydrogens (tertiary/aromatic N) is 4. The summed E-state index contributed by atoms with van der Waals surface area (Å²) in [6.45, 7) is 8.28. The second-order valence-electron chi connectivity index (χ2n) is 12.5. The lowest BCUT2D eigenvalue weighted by atomic mass is 9.96. The van der Waals surface area contributed by atoms with Gasteiger partial charge in [0.25, 0.3) is 0 Å². The molecule has 1 aliphatic heterocycles. The maximum absolute atomic E-state index is 14.3. The van der Waals surface area contributed by atoms with E-state index in [2.05, 4.69) is 20.0 Å². The number of imidazole rings is 1. The summed E-state index contributed by atoms with van der Waals surface area (Å²) >= 11 is 1.33. The zero-order chi connectivity index (χ0) is 33.4. The minimum absolute atomic E-state index is 0.00409. The van der Waals surface area contributed by atoms with Gasteiger partial charge in [0.15, 0.2) is 11.9 Å². The van der Waals surface area contributed by atoms with Crippen LogP contribution in [0.15, 0.2) is 53.8 Å². The number of rotatable bonds is 11. The summed E-state index contributed by atoms with van der Waals surface area (Å²) in [6, 6.07) is 11.5. The van der Waals surface area contributed by atoms with Crippen molar-refractivity contribution in [2.24, 2.45) is 5.41 Å². The van der Waals surface area contributed by atoms with Crippen molar-refractivity contribution >= 4 is 53.4 Å². The summed E-state index contributed by atoms with van der Waals surface area (Å²) in [4.78, 5) is 25.7. The standard InChI is InChI=1S/C30H39N6O8PS/c1-17(26(38)41-15-29(2,3)4)35-45(40,44-20-13-9-11-18-10-7-8-12-19(18)20)42-14-21-23(37)30(5,39)27(43-21)36-16-32-22-24(36)33-28(31)34-25(22)46-6/h7-13,16-17,21,23,27,37,39H,14-15H2,1-6H3,(H,35,40)(H2,31,33,34)/t17-,21+,23+,27+,30+,45?/m0/s1. The molecule has 0 radical (unpaired) electrons. The zero-order valence-electron chi connectivity index (χ0n) is 26.4. The van der Waals surface area contributed by atoms with Crippen molar-refractivity contribution in [2.75, 3.05) is 25.2 Å². The highest BCUT2D eigenvalue weighted by molar-refractivity contribution is 7.98. The minimum Gasteiger partial charge on any atom is -0.464 e. The molecule has 0 bridgehead atoms. The Hall–Kier alpha value is -3.30. The first-order chi connectivity index (χ1) is 21.6. The first-order valence-corrected chi connectivity index (χ1v) is 17.3. The van der Waals surface area contributed by atoms with Crippen LogP contribution in [0.5, 0.6) is 5.75 Å². The molecule has 1 saturated heterocycles. The Balaban J connectivity index is 1.40. The molecule has 0 saturated carbocycles. The van der Waals surface area contributed by atoms with Crippen molar-refractivity contribution < 1.29 is 38.1 Å². The molecule has 1 aliphatic rings. The van der Waals surface area contributed by atoms with Crippen LogP contribution in [0.3, 0.4) is 0 Å². The van der Waals surface area contributed by atoms with E-state index in [4.69, 9.17) is 24.3 Å². The monoisotopic (exact) mass is 674 g/mol. The molecule has 14 nitrogen and oxygen atoms in total. The van der Waals surface area contributed by atoms with Crippen LogP contribution < -0.4 is 15.3 Å². The van der Waals surface area contributed by atoms with Crippen LogP contribution in [-0.4, -0.2) is 79.0 Å². The quantitative estimate of drug-likeness (QED) is 0.0770. The fourth-order valence-corrected chi connectivity index (χ4v) is 7.01. The van der Waals surface area contributed by atoms with E-state index in [0.717, 1.165) is 5.39 Å². The molecule has 2 aromatic heterocycles. The van der Waals surface area contributed by atoms with Gasteiger partial charge in [0.2, 0.25) is 5.95 Å². The van der Waals surface area contributed by atoms with Gasteiger partial charge < -0.3 is 29.9 Å². The Labute approximate surface area is 270 Å². The molecule has 248 valence electrons. The number of thioether (sulfide) groups is 1. The Morgan fingerprint density at radius 3 is 2.67 bits per heavy atom. The van der Waals surface area contributed by atoms with Gasteiger partial charge in [0, 0.05) is 5.39 Å². The molecule has 0 spiro atoms. The Kier molecular flexibility index (Phi) is 9.67. The molecular weight excluding hydrogens is 635 g/mol. The molecular formula is C30H39N6O8PS. The van der Waals surface area contributed by atoms with Gasteiger partial charge in [-0.2, -0.15) is 10.1 Å². The summed E-state index contributed by atoms with van der Waals surface area (Å²) in [5, 5.41) is 27.3. The van der Waals surface area contributed by atoms with Gasteiger partial charge in [-0.25, -0.2) is 14.5 Å². The minimum atomic E-state index is -4.36. The third kappa shape index (κ3) is 7.15. The number of esters is 1. The van der Waals surface area contributed by atoms with Gasteiger partial charge in [0.05, 0.1) is 19.5 Å². The first kappa shape index (κ1) is 34.0. The fraction of sp³-hybridized carbons (Fsp3) is 0.467. The number of carbonyl (C=O) groups excluding carboxylic acids is 1. The number of hydrogen-bond donors (Lipinski definition) is 4. The molecule has 2 aromatic carbocycles. The van der Waals surface area contributed by atoms with E-state index in [1.165, 1.54) is 36.5 Å². The Morgan fingerprint density at radius 1 is 1.24 bits per heavy atom. The smallest absolute Gasteiger partial charge is 0.459 e. The van der Waals surface area contributed by atoms with E-state index in [1.807, 2.05) is 51.3 Å². The summed E-state index contributed by atoms with van der Waals surface area (Å²) in [6.07, 6.45) is -0.644. The average molecular weight is 675 g/mol. The number of carbonyl (C=O) groups is 1. The van der Waals surface area contributed by atoms with E-state index >= 15 is 0 Å². The molecule has 3 heterocycles. The van der Waals surface area contributed by atoms with E-state index in [9.17, 15) is 19.6 Å². The van der Waals surface area contributed by atoms with E-state index < -0.39 is 50.4 Å². The first-order valence-electron chi connectivity index (χ1n) is 14.6. The van der Waals surface area contributed by atoms with Crippen LogP contribution in [-0.2, 0) is 23.4 Å². The SMILES string of the molecule is CSc1nc(N)nc2c1ncn2[C@@H]1O[C@H](COP(=O)(N[C@@H](C)C(=O)OCC(C)(C)C)Oc2cccc3ccccc23)[C@@H](O)[C@@]1(C)O. The van der Waals surface area contributed by atoms with Gasteiger partial charge in [-0.15, -0.1) is 11.8 Å². The number of aliphatic hydroxyl groups is 2. The lowest BCUT2D eigenvalue weighted by Crippen LogP contribution is -2.44. The van der Waals surface area contributed by atoms with E-state index in [-0.39, 0.29) is 23.7 Å². The second kappa shape index (κ2) is 13.1. The number of aromatic nitrogens is 4. The van der Waals surface area contributed by atoms with Crippen LogP contribution in [0.1, 0.15) is 40.8 Å². The zero-order valence-corrected chi connectivity index (χ0v) is 28.1. The number of nitrogen functional groups attached to an aromatic ring is 1. The summed E-state index contributed by atoms with van der Waals surface area (Å²) in [5.41, 5.74) is 4.50. The van der Waals surface area contributed by atoms with Gasteiger partial charge >= 0.3 is 13.7 Å². The summed E-state index contributed by atoms with van der Waals surface area (Å²) < 4.78 is 39.1. The predicted molar refractivity (Wildman–Crippen MR) is 173 cm³/mol. The molecule has 0 aliphatic carbocycles. The summed E-state index contributed by atoms with van der Waals surface area (Å²) in [5.74, 6) is -0.406. The maximum Gasteiger partial charge on any atom is 0.459 e. The number of anilines is 1. The van der Waals surface area contributed by atoms with Crippen molar-refractivity contribution in [3.63, 3.8) is 0 Å². The van der Waals surface area contributed by atoms with Crippen LogP contribution in [0.25, 0.3) is 21.9 Å². The Morgan fingerprint density at radius 2 is 1.96 bits per heavy atom. The number of aliphatic hydroxyl groups excluding tert-OH is 1.